The van der Waals surface area contributed by atoms with E-state index in [1.807, 2.05) is 0 Å². The second-order valence-electron chi connectivity index (χ2n) is 4.11. The molecule has 4 nitrogen and oxygen atoms in total. The van der Waals surface area contributed by atoms with Crippen LogP contribution in [-0.2, 0) is 9.47 Å². The molecule has 2 fully saturated rings. The van der Waals surface area contributed by atoms with Crippen molar-refractivity contribution in [2.45, 2.75) is 50.1 Å². The Kier molecular flexibility index (Phi) is 3.38. The molecular weight excluding hydrogens is 184 g/mol. The largest absolute Gasteiger partial charge is 0.394 e. The summed E-state index contributed by atoms with van der Waals surface area (Å²) >= 11 is 0. The van der Waals surface area contributed by atoms with Crippen LogP contribution in [0.25, 0.3) is 0 Å². The number of hydrogen-bond acceptors (Lipinski definition) is 4. The Morgan fingerprint density at radius 2 is 1.21 bits per heavy atom. The molecule has 0 aromatic heterocycles. The van der Waals surface area contributed by atoms with Gasteiger partial charge in [0.15, 0.2) is 0 Å². The summed E-state index contributed by atoms with van der Waals surface area (Å²) < 4.78 is 11.3. The molecule has 2 aliphatic heterocycles. The Morgan fingerprint density at radius 3 is 1.50 bits per heavy atom. The summed E-state index contributed by atoms with van der Waals surface area (Å²) in [5.74, 6) is 0. The van der Waals surface area contributed by atoms with Crippen LogP contribution in [0, 0.1) is 0 Å². The third kappa shape index (κ3) is 2.08. The Hall–Kier alpha value is -0.160. The van der Waals surface area contributed by atoms with E-state index in [0.29, 0.717) is 0 Å². The van der Waals surface area contributed by atoms with Crippen molar-refractivity contribution in [2.75, 3.05) is 13.2 Å². The van der Waals surface area contributed by atoms with Crippen molar-refractivity contribution in [1.82, 2.24) is 0 Å². The van der Waals surface area contributed by atoms with Crippen molar-refractivity contribution < 1.29 is 19.7 Å². The van der Waals surface area contributed by atoms with Gasteiger partial charge in [0, 0.05) is 0 Å². The number of ether oxygens (including phenoxy) is 2. The molecule has 2 aliphatic rings. The molecule has 0 amide bonds. The van der Waals surface area contributed by atoms with Gasteiger partial charge in [-0.3, -0.25) is 0 Å². The molecule has 4 unspecified atom stereocenters. The lowest BCUT2D eigenvalue weighted by Crippen LogP contribution is -2.28. The molecular formula is C10H18O4. The van der Waals surface area contributed by atoms with E-state index in [4.69, 9.17) is 19.7 Å². The van der Waals surface area contributed by atoms with Gasteiger partial charge in [-0.1, -0.05) is 0 Å². The molecule has 2 heterocycles. The van der Waals surface area contributed by atoms with Crippen LogP contribution in [0.1, 0.15) is 25.7 Å². The van der Waals surface area contributed by atoms with Crippen LogP contribution in [0.15, 0.2) is 0 Å². The van der Waals surface area contributed by atoms with E-state index in [1.54, 1.807) is 0 Å². The van der Waals surface area contributed by atoms with E-state index in [1.165, 1.54) is 0 Å². The Bertz CT molecular complexity index is 165. The molecule has 0 aromatic rings. The molecule has 4 heteroatoms. The van der Waals surface area contributed by atoms with Gasteiger partial charge < -0.3 is 19.7 Å². The highest BCUT2D eigenvalue weighted by molar-refractivity contribution is 4.84. The van der Waals surface area contributed by atoms with Gasteiger partial charge in [0.2, 0.25) is 0 Å². The lowest BCUT2D eigenvalue weighted by atomic mass is 10.1. The van der Waals surface area contributed by atoms with Gasteiger partial charge in [-0.2, -0.15) is 0 Å². The second kappa shape index (κ2) is 4.57. The first kappa shape index (κ1) is 10.4. The third-order valence-electron chi connectivity index (χ3n) is 3.10. The summed E-state index contributed by atoms with van der Waals surface area (Å²) in [6, 6.07) is 0. The summed E-state index contributed by atoms with van der Waals surface area (Å²) in [6.07, 6.45) is 4.03. The summed E-state index contributed by atoms with van der Waals surface area (Å²) in [4.78, 5) is 0. The first-order valence-electron chi connectivity index (χ1n) is 5.36. The van der Waals surface area contributed by atoms with Crippen LogP contribution in [0.2, 0.25) is 0 Å². The highest BCUT2D eigenvalue weighted by atomic mass is 16.6. The second-order valence-corrected chi connectivity index (χ2v) is 4.11. The minimum absolute atomic E-state index is 0.00298. The molecule has 14 heavy (non-hydrogen) atoms. The van der Waals surface area contributed by atoms with Gasteiger partial charge in [-0.05, 0) is 25.7 Å². The average molecular weight is 202 g/mol. The quantitative estimate of drug-likeness (QED) is 0.679. The molecule has 0 bridgehead atoms. The Labute approximate surface area is 83.8 Å². The van der Waals surface area contributed by atoms with Gasteiger partial charge in [-0.15, -0.1) is 0 Å². The summed E-state index contributed by atoms with van der Waals surface area (Å²) in [6.45, 7) is 0.208. The molecule has 0 aromatic carbocycles. The molecule has 4 atom stereocenters. The van der Waals surface area contributed by atoms with Gasteiger partial charge in [-0.25, -0.2) is 0 Å². The smallest absolute Gasteiger partial charge is 0.0842 e. The van der Waals surface area contributed by atoms with E-state index in [2.05, 4.69) is 0 Å². The first-order valence-corrected chi connectivity index (χ1v) is 5.36. The number of aliphatic hydroxyl groups excluding tert-OH is 2. The van der Waals surface area contributed by atoms with Crippen LogP contribution >= 0.6 is 0 Å². The normalized spacial score (nSPS) is 43.3. The minimum Gasteiger partial charge on any atom is -0.394 e. The van der Waals surface area contributed by atoms with E-state index < -0.39 is 0 Å². The maximum atomic E-state index is 8.92. The van der Waals surface area contributed by atoms with Crippen molar-refractivity contribution >= 4 is 0 Å². The lowest BCUT2D eigenvalue weighted by molar-refractivity contribution is -0.0813. The molecule has 0 aliphatic carbocycles. The Morgan fingerprint density at radius 1 is 0.786 bits per heavy atom. The SMILES string of the molecule is OCC1CCC(C2CCC(CO)O2)O1. The third-order valence-corrected chi connectivity index (χ3v) is 3.10. The average Bonchev–Trinajstić information content (AvgIpc) is 2.86. The van der Waals surface area contributed by atoms with Gasteiger partial charge in [0.05, 0.1) is 37.6 Å². The van der Waals surface area contributed by atoms with Crippen molar-refractivity contribution in [3.8, 4) is 0 Å². The van der Waals surface area contributed by atoms with Crippen LogP contribution < -0.4 is 0 Å². The fraction of sp³-hybridized carbons (Fsp3) is 1.00. The Balaban J connectivity index is 1.80. The summed E-state index contributed by atoms with van der Waals surface area (Å²) in [7, 11) is 0. The molecule has 0 radical (unpaired) electrons. The maximum absolute atomic E-state index is 8.92. The molecule has 2 rings (SSSR count). The molecule has 2 N–H and O–H groups in total. The number of hydrogen-bond donors (Lipinski definition) is 2. The van der Waals surface area contributed by atoms with E-state index in [0.717, 1.165) is 25.7 Å². The highest BCUT2D eigenvalue weighted by Gasteiger charge is 2.36. The summed E-state index contributed by atoms with van der Waals surface area (Å²) in [5, 5.41) is 17.8. The fourth-order valence-corrected chi connectivity index (χ4v) is 2.28. The zero-order valence-electron chi connectivity index (χ0n) is 8.26. The molecule has 2 saturated heterocycles. The van der Waals surface area contributed by atoms with E-state index >= 15 is 0 Å². The first-order chi connectivity index (χ1) is 6.83. The summed E-state index contributed by atoms with van der Waals surface area (Å²) in [5.41, 5.74) is 0. The van der Waals surface area contributed by atoms with Crippen molar-refractivity contribution in [3.05, 3.63) is 0 Å². The van der Waals surface area contributed by atoms with Crippen LogP contribution in [0.3, 0.4) is 0 Å². The van der Waals surface area contributed by atoms with E-state index in [-0.39, 0.29) is 37.6 Å². The number of rotatable bonds is 3. The zero-order valence-corrected chi connectivity index (χ0v) is 8.26. The lowest BCUT2D eigenvalue weighted by Gasteiger charge is -2.19. The van der Waals surface area contributed by atoms with Gasteiger partial charge in [0.25, 0.3) is 0 Å². The highest BCUT2D eigenvalue weighted by Crippen LogP contribution is 2.30. The number of aliphatic hydroxyl groups is 2. The molecule has 0 spiro atoms. The fourth-order valence-electron chi connectivity index (χ4n) is 2.28. The minimum atomic E-state index is -0.00298. The van der Waals surface area contributed by atoms with Gasteiger partial charge >= 0.3 is 0 Å². The standard InChI is InChI=1S/C10H18O4/c11-5-7-1-3-9(13-7)10-4-2-8(6-12)14-10/h7-12H,1-6H2. The predicted octanol–water partition coefficient (Wildman–Crippen LogP) is 0.0662. The van der Waals surface area contributed by atoms with Crippen LogP contribution in [-0.4, -0.2) is 47.8 Å². The molecule has 0 saturated carbocycles. The van der Waals surface area contributed by atoms with Crippen molar-refractivity contribution in [3.63, 3.8) is 0 Å². The maximum Gasteiger partial charge on any atom is 0.0842 e. The van der Waals surface area contributed by atoms with E-state index in [9.17, 15) is 0 Å². The van der Waals surface area contributed by atoms with Crippen LogP contribution in [0.4, 0.5) is 0 Å². The molecule has 82 valence electrons. The van der Waals surface area contributed by atoms with Gasteiger partial charge in [0.1, 0.15) is 0 Å². The topological polar surface area (TPSA) is 58.9 Å². The predicted molar refractivity (Wildman–Crippen MR) is 50.0 cm³/mol. The van der Waals surface area contributed by atoms with Crippen molar-refractivity contribution in [2.24, 2.45) is 0 Å². The monoisotopic (exact) mass is 202 g/mol. The van der Waals surface area contributed by atoms with Crippen LogP contribution in [0.5, 0.6) is 0 Å². The zero-order chi connectivity index (χ0) is 9.97. The van der Waals surface area contributed by atoms with Crippen molar-refractivity contribution in [1.29, 1.82) is 0 Å².